The number of rotatable bonds is 33. The molecule has 0 radical (unpaired) electrons. The third-order valence-corrected chi connectivity index (χ3v) is 9.47. The molecule has 302 valence electrons. The number of allylic oxidation sites excluding steroid dienone is 2. The first kappa shape index (κ1) is 46.7. The second-order valence-electron chi connectivity index (χ2n) is 14.1. The summed E-state index contributed by atoms with van der Waals surface area (Å²) in [5.41, 5.74) is 2.54. The third kappa shape index (κ3) is 21.4. The molecular weight excluding hydrogens is 679 g/mol. The molecule has 2 rings (SSSR count). The molecule has 0 saturated carbocycles. The van der Waals surface area contributed by atoms with Crippen LogP contribution in [0.5, 0.6) is 0 Å². The van der Waals surface area contributed by atoms with E-state index in [0.717, 1.165) is 62.5 Å². The number of ether oxygens (including phenoxy) is 4. The van der Waals surface area contributed by atoms with Crippen LogP contribution in [0, 0.1) is 0 Å². The lowest BCUT2D eigenvalue weighted by molar-refractivity contribution is -0.133. The topological polar surface area (TPSA) is 91.4 Å². The molecule has 0 saturated heterocycles. The lowest BCUT2D eigenvalue weighted by atomic mass is 10.1. The number of esters is 2. The molecule has 0 N–H and O–H groups in total. The lowest BCUT2D eigenvalue weighted by Crippen LogP contribution is -2.36. The first-order chi connectivity index (χ1) is 26.5. The van der Waals surface area contributed by atoms with Crippen LogP contribution in [0.15, 0.2) is 60.7 Å². The Morgan fingerprint density at radius 1 is 0.519 bits per heavy atom. The van der Waals surface area contributed by atoms with Crippen molar-refractivity contribution in [2.24, 2.45) is 0 Å². The Bertz CT molecular complexity index is 1240. The second kappa shape index (κ2) is 31.8. The standard InChI is InChI=1S/C46H71NO7/c1-4-7-10-11-12-13-14-15-16-17-18-19-20-21-22-31-44(48)47(32-36-51-38-40-27-23-25-29-42(40)45(49)53-34-8-5-2)33-37-52-39-41-28-24-26-30-43(41)46(50)54-35-9-6-3/h15-16,23-30H,4-14,17-22,31-39H2,1-3H3/b16-15-. The quantitative estimate of drug-likeness (QED) is 0.0407. The van der Waals surface area contributed by atoms with Gasteiger partial charge in [0.1, 0.15) is 0 Å². The van der Waals surface area contributed by atoms with Crippen molar-refractivity contribution in [3.8, 4) is 0 Å². The van der Waals surface area contributed by atoms with Gasteiger partial charge in [-0.3, -0.25) is 4.79 Å². The summed E-state index contributed by atoms with van der Waals surface area (Å²) in [7, 11) is 0. The fourth-order valence-electron chi connectivity index (χ4n) is 6.04. The molecule has 8 heteroatoms. The summed E-state index contributed by atoms with van der Waals surface area (Å²) in [5.74, 6) is -0.598. The molecule has 0 aliphatic carbocycles. The van der Waals surface area contributed by atoms with Gasteiger partial charge in [-0.25, -0.2) is 9.59 Å². The predicted octanol–water partition coefficient (Wildman–Crippen LogP) is 11.2. The van der Waals surface area contributed by atoms with Gasteiger partial charge in [-0.05, 0) is 68.2 Å². The molecule has 0 fully saturated rings. The number of benzene rings is 2. The van der Waals surface area contributed by atoms with Crippen molar-refractivity contribution >= 4 is 17.8 Å². The van der Waals surface area contributed by atoms with Gasteiger partial charge in [0.05, 0.1) is 50.8 Å². The van der Waals surface area contributed by atoms with Crippen LogP contribution in [-0.4, -0.2) is 62.3 Å². The Labute approximate surface area is 327 Å². The van der Waals surface area contributed by atoms with Crippen molar-refractivity contribution < 1.29 is 33.3 Å². The molecule has 0 aliphatic heterocycles. The minimum Gasteiger partial charge on any atom is -0.462 e. The van der Waals surface area contributed by atoms with E-state index in [-0.39, 0.29) is 31.1 Å². The Morgan fingerprint density at radius 3 is 1.43 bits per heavy atom. The van der Waals surface area contributed by atoms with Crippen LogP contribution in [0.2, 0.25) is 0 Å². The van der Waals surface area contributed by atoms with Crippen molar-refractivity contribution in [2.75, 3.05) is 39.5 Å². The van der Waals surface area contributed by atoms with Gasteiger partial charge < -0.3 is 23.8 Å². The highest BCUT2D eigenvalue weighted by molar-refractivity contribution is 5.91. The smallest absolute Gasteiger partial charge is 0.338 e. The molecule has 0 atom stereocenters. The van der Waals surface area contributed by atoms with Gasteiger partial charge in [0, 0.05) is 19.5 Å². The summed E-state index contributed by atoms with van der Waals surface area (Å²) in [6, 6.07) is 14.7. The van der Waals surface area contributed by atoms with E-state index in [9.17, 15) is 14.4 Å². The first-order valence-corrected chi connectivity index (χ1v) is 21.1. The van der Waals surface area contributed by atoms with Gasteiger partial charge in [-0.2, -0.15) is 0 Å². The van der Waals surface area contributed by atoms with Crippen LogP contribution in [0.1, 0.15) is 168 Å². The SMILES string of the molecule is CCCCCCCC/C=C\CCCCCCCC(=O)N(CCOCc1ccccc1C(=O)OCCCC)CCOCc1ccccc1C(=O)OCCCC. The van der Waals surface area contributed by atoms with Crippen molar-refractivity contribution in [2.45, 2.75) is 150 Å². The lowest BCUT2D eigenvalue weighted by Gasteiger charge is -2.23. The number of hydrogen-bond donors (Lipinski definition) is 0. The van der Waals surface area contributed by atoms with Crippen molar-refractivity contribution in [3.63, 3.8) is 0 Å². The predicted molar refractivity (Wildman–Crippen MR) is 219 cm³/mol. The molecule has 1 amide bonds. The minimum absolute atomic E-state index is 0.0830. The van der Waals surface area contributed by atoms with E-state index >= 15 is 0 Å². The fraction of sp³-hybridized carbons (Fsp3) is 0.630. The highest BCUT2D eigenvalue weighted by atomic mass is 16.5. The molecule has 0 unspecified atom stereocenters. The maximum absolute atomic E-state index is 13.4. The summed E-state index contributed by atoms with van der Waals surface area (Å²) in [5, 5.41) is 0. The van der Waals surface area contributed by atoms with E-state index in [1.165, 1.54) is 57.8 Å². The van der Waals surface area contributed by atoms with Gasteiger partial charge in [-0.15, -0.1) is 0 Å². The summed E-state index contributed by atoms with van der Waals surface area (Å²) < 4.78 is 22.9. The minimum atomic E-state index is -0.340. The zero-order chi connectivity index (χ0) is 38.9. The summed E-state index contributed by atoms with van der Waals surface area (Å²) >= 11 is 0. The van der Waals surface area contributed by atoms with Crippen LogP contribution in [-0.2, 0) is 37.0 Å². The monoisotopic (exact) mass is 750 g/mol. The van der Waals surface area contributed by atoms with Crippen LogP contribution in [0.25, 0.3) is 0 Å². The average molecular weight is 750 g/mol. The first-order valence-electron chi connectivity index (χ1n) is 21.1. The van der Waals surface area contributed by atoms with Crippen LogP contribution < -0.4 is 0 Å². The summed E-state index contributed by atoms with van der Waals surface area (Å²) in [4.78, 5) is 40.5. The van der Waals surface area contributed by atoms with Crippen molar-refractivity contribution in [1.29, 1.82) is 0 Å². The Morgan fingerprint density at radius 2 is 0.944 bits per heavy atom. The van der Waals surface area contributed by atoms with E-state index < -0.39 is 0 Å². The zero-order valence-corrected chi connectivity index (χ0v) is 34.0. The van der Waals surface area contributed by atoms with Gasteiger partial charge >= 0.3 is 11.9 Å². The number of carbonyl (C=O) groups is 3. The Balaban J connectivity index is 1.83. The normalized spacial score (nSPS) is 11.2. The Kier molecular flexibility index (Phi) is 27.5. The molecule has 0 heterocycles. The number of nitrogens with zero attached hydrogens (tertiary/aromatic N) is 1. The Hall–Kier alpha value is -3.49. The molecule has 2 aromatic carbocycles. The number of carbonyl (C=O) groups excluding carboxylic acids is 3. The van der Waals surface area contributed by atoms with E-state index in [4.69, 9.17) is 18.9 Å². The highest BCUT2D eigenvalue weighted by Crippen LogP contribution is 2.15. The molecular formula is C46H71NO7. The largest absolute Gasteiger partial charge is 0.462 e. The molecule has 0 aliphatic rings. The van der Waals surface area contributed by atoms with E-state index in [0.29, 0.717) is 57.1 Å². The summed E-state index contributed by atoms with van der Waals surface area (Å²) in [6.45, 7) is 9.14. The van der Waals surface area contributed by atoms with Gasteiger partial charge in [-0.1, -0.05) is 134 Å². The molecule has 54 heavy (non-hydrogen) atoms. The van der Waals surface area contributed by atoms with Crippen molar-refractivity contribution in [1.82, 2.24) is 4.90 Å². The van der Waals surface area contributed by atoms with Gasteiger partial charge in [0.2, 0.25) is 5.91 Å². The van der Waals surface area contributed by atoms with E-state index in [1.807, 2.05) is 41.3 Å². The van der Waals surface area contributed by atoms with E-state index in [2.05, 4.69) is 32.9 Å². The number of unbranched alkanes of at least 4 members (excludes halogenated alkanes) is 13. The fourth-order valence-corrected chi connectivity index (χ4v) is 6.04. The maximum atomic E-state index is 13.4. The van der Waals surface area contributed by atoms with Gasteiger partial charge in [0.25, 0.3) is 0 Å². The number of amides is 1. The zero-order valence-electron chi connectivity index (χ0n) is 34.0. The highest BCUT2D eigenvalue weighted by Gasteiger charge is 2.16. The molecule has 0 spiro atoms. The summed E-state index contributed by atoms with van der Waals surface area (Å²) in [6.07, 6.45) is 24.5. The molecule has 2 aromatic rings. The molecule has 8 nitrogen and oxygen atoms in total. The van der Waals surface area contributed by atoms with E-state index in [1.54, 1.807) is 12.1 Å². The van der Waals surface area contributed by atoms with Crippen LogP contribution in [0.3, 0.4) is 0 Å². The molecule has 0 aromatic heterocycles. The maximum Gasteiger partial charge on any atom is 0.338 e. The second-order valence-corrected chi connectivity index (χ2v) is 14.1. The van der Waals surface area contributed by atoms with Crippen LogP contribution in [0.4, 0.5) is 0 Å². The third-order valence-electron chi connectivity index (χ3n) is 9.47. The van der Waals surface area contributed by atoms with Gasteiger partial charge in [0.15, 0.2) is 0 Å². The molecule has 0 bridgehead atoms. The van der Waals surface area contributed by atoms with Crippen LogP contribution >= 0.6 is 0 Å². The van der Waals surface area contributed by atoms with Crippen molar-refractivity contribution in [3.05, 3.63) is 82.9 Å². The number of hydrogen-bond acceptors (Lipinski definition) is 7. The average Bonchev–Trinajstić information content (AvgIpc) is 3.19.